The molecule has 49 heavy (non-hydrogen) atoms. The molecule has 0 spiro atoms. The third-order valence-electron chi connectivity index (χ3n) is 9.70. The van der Waals surface area contributed by atoms with Gasteiger partial charge in [-0.1, -0.05) is 122 Å². The van der Waals surface area contributed by atoms with Gasteiger partial charge in [0.25, 0.3) is 0 Å². The van der Waals surface area contributed by atoms with Gasteiger partial charge in [0.05, 0.1) is 17.1 Å². The quantitative estimate of drug-likeness (QED) is 0.163. The van der Waals surface area contributed by atoms with Crippen LogP contribution in [0.5, 0.6) is 0 Å². The zero-order chi connectivity index (χ0) is 32.7. The van der Waals surface area contributed by atoms with Crippen LogP contribution in [0, 0.1) is 0 Å². The average Bonchev–Trinajstić information content (AvgIpc) is 3.69. The molecule has 0 amide bonds. The number of hydrogen-bond donors (Lipinski definition) is 0. The molecule has 0 radical (unpaired) electrons. The first-order valence-electron chi connectivity index (χ1n) is 16.8. The number of fused-ring (bicyclic) bond motifs is 7. The Morgan fingerprint density at radius 1 is 0.653 bits per heavy atom. The Kier molecular flexibility index (Phi) is 7.09. The van der Waals surface area contributed by atoms with Crippen molar-refractivity contribution in [2.45, 2.75) is 12.5 Å². The van der Waals surface area contributed by atoms with Gasteiger partial charge in [0.1, 0.15) is 11.2 Å². The van der Waals surface area contributed by atoms with Crippen molar-refractivity contribution in [2.24, 2.45) is 0 Å². The molecule has 0 saturated heterocycles. The first-order chi connectivity index (χ1) is 24.3. The monoisotopic (exact) mass is 630 g/mol. The molecule has 3 heteroatoms. The van der Waals surface area contributed by atoms with Crippen LogP contribution in [-0.4, -0.2) is 10.6 Å². The van der Waals surface area contributed by atoms with Gasteiger partial charge < -0.3 is 13.9 Å². The number of nitrogens with zero attached hydrogens (tertiary/aromatic N) is 2. The highest BCUT2D eigenvalue weighted by molar-refractivity contribution is 6.12. The molecule has 1 atom stereocenters. The third kappa shape index (κ3) is 4.99. The highest BCUT2D eigenvalue weighted by Gasteiger charge is 2.24. The SMILES string of the molecule is C=C/C=C\C=C\N(c1ccccc1-c1ccc2oc3cc4ccccc4cc3c2c1)C1C=CC=C(n2c3ccccc3c3ccccc32)C1. The summed E-state index contributed by atoms with van der Waals surface area (Å²) < 4.78 is 8.79. The van der Waals surface area contributed by atoms with Gasteiger partial charge >= 0.3 is 0 Å². The Bertz CT molecular complexity index is 2620. The van der Waals surface area contributed by atoms with Crippen LogP contribution in [0.3, 0.4) is 0 Å². The average molecular weight is 631 g/mol. The van der Waals surface area contributed by atoms with Gasteiger partial charge in [0.2, 0.25) is 0 Å². The number of hydrogen-bond acceptors (Lipinski definition) is 2. The highest BCUT2D eigenvalue weighted by atomic mass is 16.3. The highest BCUT2D eigenvalue weighted by Crippen LogP contribution is 2.40. The summed E-state index contributed by atoms with van der Waals surface area (Å²) in [6.07, 6.45) is 17.7. The Morgan fingerprint density at radius 2 is 1.35 bits per heavy atom. The zero-order valence-electron chi connectivity index (χ0n) is 27.0. The fourth-order valence-electron chi connectivity index (χ4n) is 7.46. The minimum Gasteiger partial charge on any atom is -0.456 e. The largest absolute Gasteiger partial charge is 0.456 e. The topological polar surface area (TPSA) is 21.3 Å². The molecule has 0 N–H and O–H groups in total. The molecular formula is C46H34N2O. The summed E-state index contributed by atoms with van der Waals surface area (Å²) in [5.41, 5.74) is 8.99. The maximum absolute atomic E-state index is 6.35. The van der Waals surface area contributed by atoms with Gasteiger partial charge in [-0.2, -0.15) is 0 Å². The van der Waals surface area contributed by atoms with Crippen molar-refractivity contribution in [2.75, 3.05) is 4.90 Å². The fourth-order valence-corrected chi connectivity index (χ4v) is 7.46. The molecule has 3 nitrogen and oxygen atoms in total. The number of rotatable bonds is 7. The molecule has 6 aromatic carbocycles. The lowest BCUT2D eigenvalue weighted by molar-refractivity contribution is 0.669. The first kappa shape index (κ1) is 28.9. The van der Waals surface area contributed by atoms with Crippen molar-refractivity contribution >= 4 is 65.9 Å². The second-order valence-corrected chi connectivity index (χ2v) is 12.6. The smallest absolute Gasteiger partial charge is 0.136 e. The summed E-state index contributed by atoms with van der Waals surface area (Å²) in [5.74, 6) is 0. The molecule has 0 saturated carbocycles. The number of aromatic nitrogens is 1. The first-order valence-corrected chi connectivity index (χ1v) is 16.8. The number of benzene rings is 6. The molecule has 1 aliphatic rings. The van der Waals surface area contributed by atoms with Crippen LogP contribution in [0.4, 0.5) is 5.69 Å². The van der Waals surface area contributed by atoms with Crippen molar-refractivity contribution in [3.05, 3.63) is 183 Å². The molecule has 0 fully saturated rings. The summed E-state index contributed by atoms with van der Waals surface area (Å²) in [6.45, 7) is 3.86. The number of allylic oxidation sites excluding steroid dienone is 6. The van der Waals surface area contributed by atoms with E-state index in [0.29, 0.717) is 0 Å². The molecule has 2 aromatic heterocycles. The van der Waals surface area contributed by atoms with E-state index in [4.69, 9.17) is 4.42 Å². The van der Waals surface area contributed by atoms with E-state index >= 15 is 0 Å². The molecule has 0 aliphatic heterocycles. The van der Waals surface area contributed by atoms with Crippen molar-refractivity contribution in [1.29, 1.82) is 0 Å². The van der Waals surface area contributed by atoms with Crippen LogP contribution in [0.25, 0.3) is 71.3 Å². The number of anilines is 1. The molecule has 2 heterocycles. The Balaban J connectivity index is 1.15. The van der Waals surface area contributed by atoms with Crippen LogP contribution < -0.4 is 4.90 Å². The molecule has 0 bridgehead atoms. The molecule has 9 rings (SSSR count). The van der Waals surface area contributed by atoms with E-state index in [1.54, 1.807) is 6.08 Å². The Labute approximate surface area is 285 Å². The van der Waals surface area contributed by atoms with Crippen LogP contribution in [-0.2, 0) is 0 Å². The number of para-hydroxylation sites is 3. The zero-order valence-corrected chi connectivity index (χ0v) is 27.0. The molecule has 1 aliphatic carbocycles. The number of furan rings is 1. The molecule has 1 unspecified atom stereocenters. The van der Waals surface area contributed by atoms with Crippen LogP contribution >= 0.6 is 0 Å². The predicted molar refractivity (Wildman–Crippen MR) is 209 cm³/mol. The standard InChI is InChI=1S/C46H34N2O/c1-2-3-4-13-27-47(35-17-14-18-36(31-35)48-43-23-11-8-20-38(43)39-21-9-12-24-44(39)48)42-22-10-7-19-37(42)34-25-26-45-40(29-34)41-28-32-15-5-6-16-33(32)30-46(41)49-45/h2-30,35H,1,31H2/b4-3-,27-13+. The van der Waals surface area contributed by atoms with Crippen LogP contribution in [0.1, 0.15) is 6.42 Å². The summed E-state index contributed by atoms with van der Waals surface area (Å²) in [6, 6.07) is 45.7. The minimum absolute atomic E-state index is 0.0827. The summed E-state index contributed by atoms with van der Waals surface area (Å²) in [7, 11) is 0. The van der Waals surface area contributed by atoms with Crippen molar-refractivity contribution in [3.8, 4) is 11.1 Å². The van der Waals surface area contributed by atoms with E-state index < -0.39 is 0 Å². The maximum Gasteiger partial charge on any atom is 0.136 e. The van der Waals surface area contributed by atoms with E-state index in [1.165, 1.54) is 43.8 Å². The summed E-state index contributed by atoms with van der Waals surface area (Å²) in [5, 5.41) is 7.20. The predicted octanol–water partition coefficient (Wildman–Crippen LogP) is 12.4. The van der Waals surface area contributed by atoms with Crippen molar-refractivity contribution in [1.82, 2.24) is 4.57 Å². The normalized spacial score (nSPS) is 15.0. The lowest BCUT2D eigenvalue weighted by Crippen LogP contribution is -2.31. The van der Waals surface area contributed by atoms with E-state index in [9.17, 15) is 0 Å². The van der Waals surface area contributed by atoms with Crippen LogP contribution in [0.15, 0.2) is 187 Å². The minimum atomic E-state index is 0.0827. The van der Waals surface area contributed by atoms with Crippen molar-refractivity contribution in [3.63, 3.8) is 0 Å². The van der Waals surface area contributed by atoms with E-state index in [1.807, 2.05) is 12.2 Å². The molecule has 234 valence electrons. The second kappa shape index (κ2) is 12.0. The fraction of sp³-hybridized carbons (Fsp3) is 0.0435. The van der Waals surface area contributed by atoms with Gasteiger partial charge in [-0.3, -0.25) is 0 Å². The summed E-state index contributed by atoms with van der Waals surface area (Å²) >= 11 is 0. The van der Waals surface area contributed by atoms with E-state index in [2.05, 4.69) is 174 Å². The third-order valence-corrected chi connectivity index (χ3v) is 9.70. The summed E-state index contributed by atoms with van der Waals surface area (Å²) in [4.78, 5) is 2.41. The van der Waals surface area contributed by atoms with E-state index in [0.717, 1.165) is 39.6 Å². The second-order valence-electron chi connectivity index (χ2n) is 12.6. The van der Waals surface area contributed by atoms with Gasteiger partial charge in [-0.15, -0.1) is 0 Å². The van der Waals surface area contributed by atoms with Crippen molar-refractivity contribution < 1.29 is 4.42 Å². The Hall–Kier alpha value is -6.32. The Morgan fingerprint density at radius 3 is 2.14 bits per heavy atom. The maximum atomic E-state index is 6.35. The van der Waals surface area contributed by atoms with Gasteiger partial charge in [0.15, 0.2) is 0 Å². The molecule has 8 aromatic rings. The van der Waals surface area contributed by atoms with Gasteiger partial charge in [-0.05, 0) is 71.0 Å². The lowest BCUT2D eigenvalue weighted by Gasteiger charge is -2.33. The lowest BCUT2D eigenvalue weighted by atomic mass is 9.97. The molecular weight excluding hydrogens is 597 g/mol. The van der Waals surface area contributed by atoms with Gasteiger partial charge in [-0.25, -0.2) is 0 Å². The van der Waals surface area contributed by atoms with Gasteiger partial charge in [0, 0.05) is 51.1 Å². The van der Waals surface area contributed by atoms with E-state index in [-0.39, 0.29) is 6.04 Å². The van der Waals surface area contributed by atoms with Crippen LogP contribution in [0.2, 0.25) is 0 Å².